The fourth-order valence-electron chi connectivity index (χ4n) is 0.838. The Labute approximate surface area is 70.3 Å². The van der Waals surface area contributed by atoms with Crippen LogP contribution in [0.1, 0.15) is 29.5 Å². The third-order valence-corrected chi connectivity index (χ3v) is 1.59. The van der Waals surface area contributed by atoms with Crippen molar-refractivity contribution in [2.75, 3.05) is 0 Å². The number of rotatable bonds is 2. The van der Waals surface area contributed by atoms with E-state index in [9.17, 15) is 9.90 Å². The van der Waals surface area contributed by atoms with Crippen molar-refractivity contribution in [3.8, 4) is 5.75 Å². The minimum Gasteiger partial charge on any atom is -0.504 e. The Morgan fingerprint density at radius 1 is 1.58 bits per heavy atom. The summed E-state index contributed by atoms with van der Waals surface area (Å²) < 4.78 is 0. The molecule has 0 aliphatic heterocycles. The molecular weight excluding hydrogens is 156 g/mol. The van der Waals surface area contributed by atoms with Gasteiger partial charge in [-0.1, -0.05) is 6.92 Å². The maximum atomic E-state index is 11.1. The maximum Gasteiger partial charge on any atom is 0.184 e. The maximum absolute atomic E-state index is 11.1. The van der Waals surface area contributed by atoms with E-state index < -0.39 is 0 Å². The molecule has 1 N–H and O–H groups in total. The molecule has 1 aromatic heterocycles. The second-order valence-electron chi connectivity index (χ2n) is 2.43. The first-order chi connectivity index (χ1) is 5.66. The number of carbonyl (C=O) groups is 1. The number of aromatic nitrogens is 2. The minimum absolute atomic E-state index is 0.107. The van der Waals surface area contributed by atoms with Crippen molar-refractivity contribution in [1.82, 2.24) is 9.97 Å². The summed E-state index contributed by atoms with van der Waals surface area (Å²) in [7, 11) is 0. The Hall–Kier alpha value is -1.45. The number of aromatic hydroxyl groups is 1. The Morgan fingerprint density at radius 2 is 2.25 bits per heavy atom. The van der Waals surface area contributed by atoms with Crippen LogP contribution in [0.15, 0.2) is 6.33 Å². The first-order valence-corrected chi connectivity index (χ1v) is 3.70. The molecule has 0 atom stereocenters. The lowest BCUT2D eigenvalue weighted by Crippen LogP contribution is -2.02. The van der Waals surface area contributed by atoms with Gasteiger partial charge in [0.2, 0.25) is 0 Å². The quantitative estimate of drug-likeness (QED) is 0.668. The lowest BCUT2D eigenvalue weighted by molar-refractivity contribution is 0.0980. The fraction of sp³-hybridized carbons (Fsp3) is 0.375. The van der Waals surface area contributed by atoms with E-state index in [1.165, 1.54) is 6.33 Å². The summed E-state index contributed by atoms with van der Waals surface area (Å²) in [6.45, 7) is 3.35. The van der Waals surface area contributed by atoms with Crippen molar-refractivity contribution in [2.24, 2.45) is 0 Å². The SMILES string of the molecule is CCC(=O)c1ncnc(C)c1O. The summed E-state index contributed by atoms with van der Waals surface area (Å²) >= 11 is 0. The summed E-state index contributed by atoms with van der Waals surface area (Å²) in [4.78, 5) is 18.6. The first kappa shape index (κ1) is 8.64. The zero-order chi connectivity index (χ0) is 9.14. The van der Waals surface area contributed by atoms with E-state index in [0.29, 0.717) is 12.1 Å². The molecule has 1 aromatic rings. The number of nitrogens with zero attached hydrogens (tertiary/aromatic N) is 2. The summed E-state index contributed by atoms with van der Waals surface area (Å²) in [5.41, 5.74) is 0.548. The van der Waals surface area contributed by atoms with Crippen LogP contribution in [-0.2, 0) is 0 Å². The molecule has 0 saturated heterocycles. The van der Waals surface area contributed by atoms with Crippen molar-refractivity contribution in [3.05, 3.63) is 17.7 Å². The molecule has 4 heteroatoms. The number of hydrogen-bond acceptors (Lipinski definition) is 4. The second kappa shape index (κ2) is 3.30. The minimum atomic E-state index is -0.169. The van der Waals surface area contributed by atoms with Crippen LogP contribution in [0.5, 0.6) is 5.75 Å². The topological polar surface area (TPSA) is 63.1 Å². The monoisotopic (exact) mass is 166 g/mol. The normalized spacial score (nSPS) is 9.83. The molecule has 0 fully saturated rings. The molecule has 12 heavy (non-hydrogen) atoms. The van der Waals surface area contributed by atoms with Crippen LogP contribution in [0.4, 0.5) is 0 Å². The zero-order valence-corrected chi connectivity index (χ0v) is 7.03. The van der Waals surface area contributed by atoms with Crippen molar-refractivity contribution >= 4 is 5.78 Å². The molecule has 0 aliphatic rings. The Morgan fingerprint density at radius 3 is 2.83 bits per heavy atom. The lowest BCUT2D eigenvalue weighted by atomic mass is 10.2. The molecule has 1 rings (SSSR count). The summed E-state index contributed by atoms with van der Waals surface area (Å²) in [5.74, 6) is -0.276. The zero-order valence-electron chi connectivity index (χ0n) is 7.03. The van der Waals surface area contributed by atoms with Gasteiger partial charge in [0.15, 0.2) is 17.2 Å². The van der Waals surface area contributed by atoms with E-state index in [0.717, 1.165) is 0 Å². The molecule has 0 radical (unpaired) electrons. The van der Waals surface area contributed by atoms with Crippen molar-refractivity contribution < 1.29 is 9.90 Å². The van der Waals surface area contributed by atoms with Crippen LogP contribution < -0.4 is 0 Å². The van der Waals surface area contributed by atoms with Gasteiger partial charge in [-0.05, 0) is 6.92 Å². The van der Waals surface area contributed by atoms with E-state index in [4.69, 9.17) is 0 Å². The number of aryl methyl sites for hydroxylation is 1. The number of Topliss-reactive ketones (excluding diaryl/α,β-unsaturated/α-hetero) is 1. The third-order valence-electron chi connectivity index (χ3n) is 1.59. The van der Waals surface area contributed by atoms with Gasteiger partial charge < -0.3 is 5.11 Å². The molecule has 0 aliphatic carbocycles. The van der Waals surface area contributed by atoms with Crippen LogP contribution in [0.25, 0.3) is 0 Å². The van der Waals surface area contributed by atoms with E-state index in [1.807, 2.05) is 0 Å². The standard InChI is InChI=1S/C8H10N2O2/c1-3-6(11)7-8(12)5(2)9-4-10-7/h4,12H,3H2,1-2H3. The van der Waals surface area contributed by atoms with E-state index in [2.05, 4.69) is 9.97 Å². The average molecular weight is 166 g/mol. The Kier molecular flexibility index (Phi) is 2.38. The second-order valence-corrected chi connectivity index (χ2v) is 2.43. The fourth-order valence-corrected chi connectivity index (χ4v) is 0.838. The molecule has 0 amide bonds. The predicted molar refractivity (Wildman–Crippen MR) is 43.1 cm³/mol. The number of carbonyl (C=O) groups excluding carboxylic acids is 1. The van der Waals surface area contributed by atoms with Gasteiger partial charge in [0.1, 0.15) is 6.33 Å². The van der Waals surface area contributed by atoms with Crippen LogP contribution in [0.3, 0.4) is 0 Å². The first-order valence-electron chi connectivity index (χ1n) is 3.70. The van der Waals surface area contributed by atoms with Crippen LogP contribution >= 0.6 is 0 Å². The van der Waals surface area contributed by atoms with E-state index >= 15 is 0 Å². The highest BCUT2D eigenvalue weighted by molar-refractivity contribution is 5.96. The average Bonchev–Trinajstić information content (AvgIpc) is 2.08. The smallest absolute Gasteiger partial charge is 0.184 e. The van der Waals surface area contributed by atoms with Crippen molar-refractivity contribution in [2.45, 2.75) is 20.3 Å². The van der Waals surface area contributed by atoms with Gasteiger partial charge in [0.25, 0.3) is 0 Å². The van der Waals surface area contributed by atoms with Gasteiger partial charge in [0.05, 0.1) is 5.69 Å². The lowest BCUT2D eigenvalue weighted by Gasteiger charge is -2.01. The molecule has 0 aromatic carbocycles. The van der Waals surface area contributed by atoms with Crippen LogP contribution in [0, 0.1) is 6.92 Å². The van der Waals surface area contributed by atoms with Gasteiger partial charge in [-0.3, -0.25) is 4.79 Å². The van der Waals surface area contributed by atoms with Crippen molar-refractivity contribution in [1.29, 1.82) is 0 Å². The molecule has 0 unspecified atom stereocenters. The third kappa shape index (κ3) is 1.42. The van der Waals surface area contributed by atoms with Crippen LogP contribution in [0.2, 0.25) is 0 Å². The number of ketones is 1. The highest BCUT2D eigenvalue weighted by Crippen LogP contribution is 2.17. The predicted octanol–water partition coefficient (Wildman–Crippen LogP) is 1.08. The van der Waals surface area contributed by atoms with E-state index in [-0.39, 0.29) is 17.2 Å². The molecule has 0 bridgehead atoms. The Bertz CT molecular complexity index is 310. The van der Waals surface area contributed by atoms with Gasteiger partial charge in [0, 0.05) is 6.42 Å². The molecule has 1 heterocycles. The van der Waals surface area contributed by atoms with Gasteiger partial charge >= 0.3 is 0 Å². The molecule has 0 saturated carbocycles. The summed E-state index contributed by atoms with van der Waals surface area (Å²) in [6.07, 6.45) is 1.61. The number of hydrogen-bond donors (Lipinski definition) is 1. The summed E-state index contributed by atoms with van der Waals surface area (Å²) in [5, 5.41) is 9.35. The highest BCUT2D eigenvalue weighted by atomic mass is 16.3. The van der Waals surface area contributed by atoms with Gasteiger partial charge in [-0.25, -0.2) is 9.97 Å². The molecule has 0 spiro atoms. The highest BCUT2D eigenvalue weighted by Gasteiger charge is 2.12. The Balaban J connectivity index is 3.16. The molecule has 64 valence electrons. The van der Waals surface area contributed by atoms with Gasteiger partial charge in [-0.15, -0.1) is 0 Å². The van der Waals surface area contributed by atoms with Crippen molar-refractivity contribution in [3.63, 3.8) is 0 Å². The summed E-state index contributed by atoms with van der Waals surface area (Å²) in [6, 6.07) is 0. The molecular formula is C8H10N2O2. The largest absolute Gasteiger partial charge is 0.504 e. The van der Waals surface area contributed by atoms with E-state index in [1.54, 1.807) is 13.8 Å². The van der Waals surface area contributed by atoms with Gasteiger partial charge in [-0.2, -0.15) is 0 Å². The molecule has 4 nitrogen and oxygen atoms in total. The van der Waals surface area contributed by atoms with Crippen LogP contribution in [-0.4, -0.2) is 20.9 Å².